The van der Waals surface area contributed by atoms with Crippen LogP contribution in [0.15, 0.2) is 36.4 Å². The lowest BCUT2D eigenvalue weighted by Gasteiger charge is -2.17. The van der Waals surface area contributed by atoms with Gasteiger partial charge in [-0.05, 0) is 41.8 Å². The molecule has 118 valence electrons. The summed E-state index contributed by atoms with van der Waals surface area (Å²) in [7, 11) is 0. The van der Waals surface area contributed by atoms with Crippen molar-refractivity contribution in [3.05, 3.63) is 52.9 Å². The van der Waals surface area contributed by atoms with E-state index in [1.165, 1.54) is 6.07 Å². The van der Waals surface area contributed by atoms with Crippen LogP contribution in [0.5, 0.6) is 11.6 Å². The number of nitrogens with zero attached hydrogens (tertiary/aromatic N) is 1. The molecule has 2 rings (SSSR count). The molecule has 0 aliphatic rings. The topological polar surface area (TPSA) is 31.4 Å². The first-order valence-corrected chi connectivity index (χ1v) is 7.38. The number of hydrogen-bond donors (Lipinski definition) is 0. The molecule has 0 aliphatic heterocycles. The van der Waals surface area contributed by atoms with Crippen molar-refractivity contribution in [3.8, 4) is 11.6 Å². The van der Waals surface area contributed by atoms with Crippen LogP contribution in [0.25, 0.3) is 0 Å². The van der Waals surface area contributed by atoms with E-state index in [-0.39, 0.29) is 11.3 Å². The van der Waals surface area contributed by atoms with Crippen LogP contribution in [-0.2, 0) is 11.3 Å². The summed E-state index contributed by atoms with van der Waals surface area (Å²) in [5.41, 5.74) is 0.692. The first-order valence-electron chi connectivity index (χ1n) is 7.00. The van der Waals surface area contributed by atoms with E-state index in [0.29, 0.717) is 29.7 Å². The Labute approximate surface area is 135 Å². The van der Waals surface area contributed by atoms with Crippen LogP contribution in [0.2, 0.25) is 5.02 Å². The lowest BCUT2D eigenvalue weighted by atomic mass is 9.99. The summed E-state index contributed by atoms with van der Waals surface area (Å²) < 4.78 is 24.8. The third-order valence-corrected chi connectivity index (χ3v) is 2.94. The predicted octanol–water partition coefficient (Wildman–Crippen LogP) is 5.23. The molecule has 2 aromatic rings. The first-order chi connectivity index (χ1) is 10.3. The van der Waals surface area contributed by atoms with Crippen molar-refractivity contribution in [1.29, 1.82) is 0 Å². The van der Waals surface area contributed by atoms with Crippen LogP contribution in [0.4, 0.5) is 4.39 Å². The normalized spacial score (nSPS) is 11.5. The molecular formula is C17H19ClFNO2. The van der Waals surface area contributed by atoms with Crippen molar-refractivity contribution in [2.45, 2.75) is 27.4 Å². The van der Waals surface area contributed by atoms with Gasteiger partial charge in [-0.15, -0.1) is 0 Å². The van der Waals surface area contributed by atoms with Crippen LogP contribution in [-0.4, -0.2) is 11.6 Å². The van der Waals surface area contributed by atoms with Gasteiger partial charge < -0.3 is 9.47 Å². The van der Waals surface area contributed by atoms with Crippen LogP contribution >= 0.6 is 11.6 Å². The van der Waals surface area contributed by atoms with E-state index in [1.54, 1.807) is 30.3 Å². The standard InChI is InChI=1S/C17H19ClFNO2/c1-17(2,3)11-21-10-13-6-9-15(19)16(20-13)22-14-7-4-12(18)5-8-14/h4-9H,10-11H2,1-3H3. The molecule has 0 unspecified atom stereocenters. The number of ether oxygens (including phenoxy) is 2. The van der Waals surface area contributed by atoms with Gasteiger partial charge in [-0.1, -0.05) is 32.4 Å². The second-order valence-electron chi connectivity index (χ2n) is 6.20. The highest BCUT2D eigenvalue weighted by Gasteiger charge is 2.12. The summed E-state index contributed by atoms with van der Waals surface area (Å²) in [6, 6.07) is 9.58. The third kappa shape index (κ3) is 5.28. The molecule has 3 nitrogen and oxygen atoms in total. The van der Waals surface area contributed by atoms with Crippen molar-refractivity contribution >= 4 is 11.6 Å². The summed E-state index contributed by atoms with van der Waals surface area (Å²) >= 11 is 5.80. The van der Waals surface area contributed by atoms with E-state index in [1.807, 2.05) is 0 Å². The minimum Gasteiger partial charge on any atom is -0.436 e. The van der Waals surface area contributed by atoms with Crippen LogP contribution in [0.1, 0.15) is 26.5 Å². The Morgan fingerprint density at radius 1 is 1.09 bits per heavy atom. The average molecular weight is 324 g/mol. The van der Waals surface area contributed by atoms with E-state index in [9.17, 15) is 4.39 Å². The maximum Gasteiger partial charge on any atom is 0.256 e. The Hall–Kier alpha value is -1.65. The maximum absolute atomic E-state index is 13.8. The highest BCUT2D eigenvalue weighted by Crippen LogP contribution is 2.24. The van der Waals surface area contributed by atoms with Crippen molar-refractivity contribution < 1.29 is 13.9 Å². The SMILES string of the molecule is CC(C)(C)COCc1ccc(F)c(Oc2ccc(Cl)cc2)n1. The molecule has 0 aliphatic carbocycles. The van der Waals surface area contributed by atoms with Gasteiger partial charge in [0.25, 0.3) is 5.88 Å². The summed E-state index contributed by atoms with van der Waals surface area (Å²) in [6.45, 7) is 7.16. The number of pyridine rings is 1. The number of halogens is 2. The second kappa shape index (κ2) is 7.07. The first kappa shape index (κ1) is 16.7. The van der Waals surface area contributed by atoms with E-state index in [2.05, 4.69) is 25.8 Å². The van der Waals surface area contributed by atoms with Gasteiger partial charge in [-0.3, -0.25) is 0 Å². The zero-order valence-electron chi connectivity index (χ0n) is 12.9. The predicted molar refractivity (Wildman–Crippen MR) is 84.8 cm³/mol. The summed E-state index contributed by atoms with van der Waals surface area (Å²) in [6.07, 6.45) is 0. The van der Waals surface area contributed by atoms with Gasteiger partial charge in [0.2, 0.25) is 0 Å². The largest absolute Gasteiger partial charge is 0.436 e. The fourth-order valence-corrected chi connectivity index (χ4v) is 1.82. The Kier molecular flexibility index (Phi) is 5.37. The molecular weight excluding hydrogens is 305 g/mol. The molecule has 0 amide bonds. The zero-order valence-corrected chi connectivity index (χ0v) is 13.7. The van der Waals surface area contributed by atoms with Crippen LogP contribution in [0, 0.1) is 11.2 Å². The van der Waals surface area contributed by atoms with E-state index in [4.69, 9.17) is 21.1 Å². The average Bonchev–Trinajstić information content (AvgIpc) is 2.43. The number of aromatic nitrogens is 1. The molecule has 0 fully saturated rings. The lowest BCUT2D eigenvalue weighted by molar-refractivity contribution is 0.0578. The Bertz CT molecular complexity index is 624. The molecule has 0 radical (unpaired) electrons. The second-order valence-corrected chi connectivity index (χ2v) is 6.64. The van der Waals surface area contributed by atoms with Crippen LogP contribution < -0.4 is 4.74 Å². The van der Waals surface area contributed by atoms with Gasteiger partial charge in [0.1, 0.15) is 5.75 Å². The van der Waals surface area contributed by atoms with E-state index >= 15 is 0 Å². The van der Waals surface area contributed by atoms with Gasteiger partial charge in [0, 0.05) is 5.02 Å². The molecule has 0 spiro atoms. The minimum absolute atomic E-state index is 0.0702. The maximum atomic E-state index is 13.8. The minimum atomic E-state index is -0.519. The molecule has 0 saturated heterocycles. The smallest absolute Gasteiger partial charge is 0.256 e. The lowest BCUT2D eigenvalue weighted by Crippen LogP contribution is -2.14. The fourth-order valence-electron chi connectivity index (χ4n) is 1.69. The van der Waals surface area contributed by atoms with Crippen LogP contribution in [0.3, 0.4) is 0 Å². The molecule has 1 heterocycles. The van der Waals surface area contributed by atoms with E-state index < -0.39 is 5.82 Å². The van der Waals surface area contributed by atoms with E-state index in [0.717, 1.165) is 0 Å². The Morgan fingerprint density at radius 2 is 1.77 bits per heavy atom. The highest BCUT2D eigenvalue weighted by molar-refractivity contribution is 6.30. The molecule has 22 heavy (non-hydrogen) atoms. The monoisotopic (exact) mass is 323 g/mol. The van der Waals surface area contributed by atoms with Crippen molar-refractivity contribution in [2.75, 3.05) is 6.61 Å². The number of rotatable bonds is 5. The molecule has 0 bridgehead atoms. The highest BCUT2D eigenvalue weighted by atomic mass is 35.5. The quantitative estimate of drug-likeness (QED) is 0.755. The molecule has 5 heteroatoms. The van der Waals surface area contributed by atoms with Gasteiger partial charge in [0.15, 0.2) is 5.82 Å². The van der Waals surface area contributed by atoms with Gasteiger partial charge >= 0.3 is 0 Å². The molecule has 1 aromatic heterocycles. The molecule has 1 aromatic carbocycles. The Morgan fingerprint density at radius 3 is 2.41 bits per heavy atom. The van der Waals surface area contributed by atoms with Gasteiger partial charge in [-0.25, -0.2) is 9.37 Å². The van der Waals surface area contributed by atoms with Gasteiger partial charge in [0.05, 0.1) is 18.9 Å². The van der Waals surface area contributed by atoms with Crippen molar-refractivity contribution in [2.24, 2.45) is 5.41 Å². The summed E-state index contributed by atoms with van der Waals surface area (Å²) in [5.74, 6) is -0.114. The fraction of sp³-hybridized carbons (Fsp3) is 0.353. The van der Waals surface area contributed by atoms with Gasteiger partial charge in [-0.2, -0.15) is 0 Å². The third-order valence-electron chi connectivity index (χ3n) is 2.68. The molecule has 0 saturated carbocycles. The molecule has 0 N–H and O–H groups in total. The number of benzene rings is 1. The van der Waals surface area contributed by atoms with Crippen molar-refractivity contribution in [3.63, 3.8) is 0 Å². The van der Waals surface area contributed by atoms with Crippen molar-refractivity contribution in [1.82, 2.24) is 4.98 Å². The Balaban J connectivity index is 2.05. The summed E-state index contributed by atoms with van der Waals surface area (Å²) in [4.78, 5) is 4.15. The molecule has 0 atom stereocenters. The number of hydrogen-bond acceptors (Lipinski definition) is 3. The zero-order chi connectivity index (χ0) is 16.2. The summed E-state index contributed by atoms with van der Waals surface area (Å²) in [5, 5.41) is 0.588.